The third-order valence-electron chi connectivity index (χ3n) is 3.16. The molecule has 21 heavy (non-hydrogen) atoms. The number of halogens is 2. The normalized spacial score (nSPS) is 12.0. The van der Waals surface area contributed by atoms with Crippen LogP contribution in [0.3, 0.4) is 0 Å². The third kappa shape index (κ3) is 5.41. The lowest BCUT2D eigenvalue weighted by Gasteiger charge is -2.18. The van der Waals surface area contributed by atoms with E-state index in [1.165, 1.54) is 12.1 Å². The molecule has 0 bridgehead atoms. The van der Waals surface area contributed by atoms with Gasteiger partial charge in [-0.15, -0.1) is 0 Å². The molecule has 120 valence electrons. The van der Waals surface area contributed by atoms with E-state index in [2.05, 4.69) is 39.4 Å². The molecule has 0 saturated heterocycles. The Morgan fingerprint density at radius 1 is 1.33 bits per heavy atom. The van der Waals surface area contributed by atoms with E-state index >= 15 is 0 Å². The van der Waals surface area contributed by atoms with Gasteiger partial charge in [0.2, 0.25) is 10.0 Å². The van der Waals surface area contributed by atoms with Gasteiger partial charge in [-0.3, -0.25) is 0 Å². The second-order valence-electron chi connectivity index (χ2n) is 4.59. The molecule has 0 unspecified atom stereocenters. The van der Waals surface area contributed by atoms with Crippen LogP contribution in [0, 0.1) is 0 Å². The fraction of sp³-hybridized carbons (Fsp3) is 0.538. The van der Waals surface area contributed by atoms with Crippen LogP contribution in [0.4, 0.5) is 5.69 Å². The molecule has 3 N–H and O–H groups in total. The summed E-state index contributed by atoms with van der Waals surface area (Å²) in [7, 11) is -3.63. The Labute approximate surface area is 140 Å². The summed E-state index contributed by atoms with van der Waals surface area (Å²) >= 11 is 9.06. The highest BCUT2D eigenvalue weighted by atomic mass is 79.9. The zero-order chi connectivity index (χ0) is 16.0. The maximum absolute atomic E-state index is 12.3. The third-order valence-corrected chi connectivity index (χ3v) is 6.01. The number of benzene rings is 1. The molecule has 8 heteroatoms. The van der Waals surface area contributed by atoms with Crippen LogP contribution >= 0.6 is 27.5 Å². The molecule has 1 aromatic carbocycles. The highest BCUT2D eigenvalue weighted by molar-refractivity contribution is 9.10. The van der Waals surface area contributed by atoms with Crippen LogP contribution in [0.15, 0.2) is 21.5 Å². The van der Waals surface area contributed by atoms with E-state index in [1.807, 2.05) is 0 Å². The van der Waals surface area contributed by atoms with Gasteiger partial charge in [-0.05, 0) is 54.1 Å². The molecule has 5 nitrogen and oxygen atoms in total. The number of sulfonamides is 1. The fourth-order valence-electron chi connectivity index (χ4n) is 1.91. The van der Waals surface area contributed by atoms with Gasteiger partial charge in [0.15, 0.2) is 0 Å². The van der Waals surface area contributed by atoms with Crippen LogP contribution in [0.5, 0.6) is 0 Å². The Hall–Kier alpha value is -0.340. The summed E-state index contributed by atoms with van der Waals surface area (Å²) in [5.41, 5.74) is 6.02. The molecular formula is C13H21BrClN3O2S. The van der Waals surface area contributed by atoms with E-state index in [1.54, 1.807) is 0 Å². The number of hydrogen-bond donors (Lipinski definition) is 2. The van der Waals surface area contributed by atoms with Crippen molar-refractivity contribution in [1.29, 1.82) is 0 Å². The van der Waals surface area contributed by atoms with E-state index in [4.69, 9.17) is 17.3 Å². The first-order valence-electron chi connectivity index (χ1n) is 6.78. The number of rotatable bonds is 8. The van der Waals surface area contributed by atoms with Crippen molar-refractivity contribution in [1.82, 2.24) is 9.62 Å². The summed E-state index contributed by atoms with van der Waals surface area (Å²) in [5, 5.41) is 0.291. The van der Waals surface area contributed by atoms with E-state index in [0.29, 0.717) is 21.7 Å². The molecule has 0 atom stereocenters. The van der Waals surface area contributed by atoms with Gasteiger partial charge in [0.25, 0.3) is 0 Å². The van der Waals surface area contributed by atoms with E-state index < -0.39 is 10.0 Å². The molecule has 1 rings (SSSR count). The summed E-state index contributed by atoms with van der Waals surface area (Å²) in [6.07, 6.45) is 0.745. The van der Waals surface area contributed by atoms with Crippen LogP contribution in [0.25, 0.3) is 0 Å². The minimum Gasteiger partial charge on any atom is -0.398 e. The van der Waals surface area contributed by atoms with E-state index in [0.717, 1.165) is 26.1 Å². The number of nitrogens with zero attached hydrogens (tertiary/aromatic N) is 1. The van der Waals surface area contributed by atoms with Crippen molar-refractivity contribution >= 4 is 43.2 Å². The first-order chi connectivity index (χ1) is 9.81. The lowest BCUT2D eigenvalue weighted by atomic mass is 10.3. The summed E-state index contributed by atoms with van der Waals surface area (Å²) in [6.45, 7) is 7.31. The zero-order valence-electron chi connectivity index (χ0n) is 12.2. The number of nitrogen functional groups attached to an aromatic ring is 1. The number of hydrogen-bond acceptors (Lipinski definition) is 4. The average molecular weight is 399 g/mol. The first kappa shape index (κ1) is 18.7. The highest BCUT2D eigenvalue weighted by Gasteiger charge is 2.19. The molecule has 0 heterocycles. The van der Waals surface area contributed by atoms with Crippen LogP contribution in [0.2, 0.25) is 5.02 Å². The second-order valence-corrected chi connectivity index (χ2v) is 7.55. The summed E-state index contributed by atoms with van der Waals surface area (Å²) in [6, 6.07) is 2.89. The van der Waals surface area contributed by atoms with E-state index in [9.17, 15) is 8.42 Å². The van der Waals surface area contributed by atoms with Crippen molar-refractivity contribution in [3.05, 3.63) is 21.6 Å². The summed E-state index contributed by atoms with van der Waals surface area (Å²) in [4.78, 5) is 2.30. The lowest BCUT2D eigenvalue weighted by molar-refractivity contribution is 0.300. The molecule has 0 aliphatic carbocycles. The van der Waals surface area contributed by atoms with Gasteiger partial charge in [-0.25, -0.2) is 13.1 Å². The van der Waals surface area contributed by atoms with E-state index in [-0.39, 0.29) is 4.90 Å². The molecule has 0 spiro atoms. The molecule has 0 saturated carbocycles. The molecule has 0 aliphatic rings. The van der Waals surface area contributed by atoms with Crippen molar-refractivity contribution in [2.45, 2.75) is 25.2 Å². The number of nitrogens with one attached hydrogen (secondary N) is 1. The zero-order valence-corrected chi connectivity index (χ0v) is 15.4. The number of nitrogens with two attached hydrogens (primary N) is 1. The van der Waals surface area contributed by atoms with Crippen LogP contribution in [-0.4, -0.2) is 39.5 Å². The van der Waals surface area contributed by atoms with Gasteiger partial charge in [0, 0.05) is 17.3 Å². The largest absolute Gasteiger partial charge is 0.398 e. The van der Waals surface area contributed by atoms with Crippen molar-refractivity contribution in [3.63, 3.8) is 0 Å². The lowest BCUT2D eigenvalue weighted by Crippen LogP contribution is -2.30. The minimum absolute atomic E-state index is 0.0651. The van der Waals surface area contributed by atoms with Gasteiger partial charge in [0.1, 0.15) is 0 Å². The Kier molecular flexibility index (Phi) is 7.42. The van der Waals surface area contributed by atoms with Crippen molar-refractivity contribution < 1.29 is 8.42 Å². The maximum Gasteiger partial charge on any atom is 0.241 e. The monoisotopic (exact) mass is 397 g/mol. The summed E-state index contributed by atoms with van der Waals surface area (Å²) in [5.74, 6) is 0. The average Bonchev–Trinajstić information content (AvgIpc) is 2.43. The first-order valence-corrected chi connectivity index (χ1v) is 9.43. The Balaban J connectivity index is 2.71. The van der Waals surface area contributed by atoms with Gasteiger partial charge >= 0.3 is 0 Å². The Morgan fingerprint density at radius 3 is 2.52 bits per heavy atom. The smallest absolute Gasteiger partial charge is 0.241 e. The standard InChI is InChI=1S/C13H21BrClN3O2S/c1-3-18(4-2)7-5-6-17-21(19,20)12-9-10(15)8-11(16)13(12)14/h8-9,17H,3-7,16H2,1-2H3. The van der Waals surface area contributed by atoms with Crippen molar-refractivity contribution in [3.8, 4) is 0 Å². The highest BCUT2D eigenvalue weighted by Crippen LogP contribution is 2.31. The van der Waals surface area contributed by atoms with Crippen LogP contribution in [-0.2, 0) is 10.0 Å². The van der Waals surface area contributed by atoms with Crippen LogP contribution < -0.4 is 10.5 Å². The molecule has 0 aromatic heterocycles. The predicted molar refractivity (Wildman–Crippen MR) is 91.2 cm³/mol. The molecule has 0 fully saturated rings. The molecule has 1 aromatic rings. The van der Waals surface area contributed by atoms with Gasteiger partial charge in [0.05, 0.1) is 9.37 Å². The minimum atomic E-state index is -3.63. The molecule has 0 radical (unpaired) electrons. The molecule has 0 amide bonds. The Morgan fingerprint density at radius 2 is 1.95 bits per heavy atom. The maximum atomic E-state index is 12.3. The second kappa shape index (κ2) is 8.33. The predicted octanol–water partition coefficient (Wildman–Crippen LogP) is 2.69. The molecule has 0 aliphatic heterocycles. The SMILES string of the molecule is CCN(CC)CCCNS(=O)(=O)c1cc(Cl)cc(N)c1Br. The fourth-order valence-corrected chi connectivity index (χ4v) is 4.27. The summed E-state index contributed by atoms with van der Waals surface area (Å²) < 4.78 is 27.5. The Bertz CT molecular complexity index is 577. The molecular weight excluding hydrogens is 378 g/mol. The van der Waals surface area contributed by atoms with Gasteiger partial charge < -0.3 is 10.6 Å². The van der Waals surface area contributed by atoms with Crippen LogP contribution in [0.1, 0.15) is 20.3 Å². The topological polar surface area (TPSA) is 75.4 Å². The number of anilines is 1. The van der Waals surface area contributed by atoms with Crippen molar-refractivity contribution in [2.75, 3.05) is 31.9 Å². The quantitative estimate of drug-likeness (QED) is 0.521. The van der Waals surface area contributed by atoms with Gasteiger partial charge in [-0.1, -0.05) is 25.4 Å². The van der Waals surface area contributed by atoms with Gasteiger partial charge in [-0.2, -0.15) is 0 Å². The van der Waals surface area contributed by atoms with Crippen molar-refractivity contribution in [2.24, 2.45) is 0 Å².